The van der Waals surface area contributed by atoms with Gasteiger partial charge in [-0.25, -0.2) is 4.79 Å². The first kappa shape index (κ1) is 42.4. The Balaban J connectivity index is 1.05. The zero-order chi connectivity index (χ0) is 42.8. The molecule has 0 bridgehead atoms. The van der Waals surface area contributed by atoms with Crippen molar-refractivity contribution >= 4 is 29.0 Å². The van der Waals surface area contributed by atoms with Crippen molar-refractivity contribution in [3.05, 3.63) is 76.9 Å². The monoisotopic (exact) mass is 856 g/mol. The standard InChI is InChI=1S/C39H48N6O14S/c40-12-27-24(49)11-22(42)36(55-27)57-33-21(41)10-23(34(32(33)52)58-37-31(51)29(43)30(50)28(13-46)56-37)45-38(60)44-14-1-4-18-17(7-14)35(53)59-39(18)19-5-2-15(47)8-25(19)54-26-9-16(48)3-6-20(26)39/h1-9,21-24,27-34,36-37,46-52H,10-13,40-43H2,(H2,44,45,60). The van der Waals surface area contributed by atoms with Crippen LogP contribution in [0.15, 0.2) is 54.6 Å². The van der Waals surface area contributed by atoms with Crippen molar-refractivity contribution in [1.82, 2.24) is 5.32 Å². The van der Waals surface area contributed by atoms with Crippen molar-refractivity contribution in [3.8, 4) is 23.0 Å². The van der Waals surface area contributed by atoms with Crippen LogP contribution in [0.3, 0.4) is 0 Å². The van der Waals surface area contributed by atoms with E-state index in [1.807, 2.05) is 0 Å². The molecule has 14 unspecified atom stereocenters. The number of fused-ring (bicyclic) bond motifs is 6. The fraction of sp³-hybridized carbons (Fsp3) is 0.487. The van der Waals surface area contributed by atoms with E-state index in [9.17, 15) is 40.5 Å². The molecule has 60 heavy (non-hydrogen) atoms. The number of anilines is 1. The molecule has 4 aliphatic heterocycles. The van der Waals surface area contributed by atoms with Crippen LogP contribution in [0.2, 0.25) is 0 Å². The second kappa shape index (κ2) is 16.5. The number of carbonyl (C=O) groups is 1. The van der Waals surface area contributed by atoms with Crippen molar-refractivity contribution < 1.29 is 69.0 Å². The number of esters is 1. The first-order valence-electron chi connectivity index (χ1n) is 19.4. The zero-order valence-corrected chi connectivity index (χ0v) is 32.6. The summed E-state index contributed by atoms with van der Waals surface area (Å²) in [7, 11) is 0. The number of rotatable bonds is 8. The summed E-state index contributed by atoms with van der Waals surface area (Å²) in [5.74, 6) is -0.381. The number of phenolic OH excluding ortho intramolecular Hbond substituents is 2. The van der Waals surface area contributed by atoms with Crippen LogP contribution in [-0.2, 0) is 29.3 Å². The fourth-order valence-corrected chi connectivity index (χ4v) is 8.91. The van der Waals surface area contributed by atoms with Gasteiger partial charge in [0.2, 0.25) is 0 Å². The number of ether oxygens (including phenoxy) is 6. The molecule has 21 heteroatoms. The molecule has 0 radical (unpaired) electrons. The topological polar surface area (TPSA) is 342 Å². The van der Waals surface area contributed by atoms with Gasteiger partial charge in [-0.15, -0.1) is 0 Å². The Morgan fingerprint density at radius 2 is 1.43 bits per heavy atom. The molecule has 2 saturated heterocycles. The van der Waals surface area contributed by atoms with E-state index in [4.69, 9.17) is 63.6 Å². The Hall–Kier alpha value is -4.30. The number of phenols is 2. The van der Waals surface area contributed by atoms with E-state index >= 15 is 0 Å². The van der Waals surface area contributed by atoms with E-state index in [0.29, 0.717) is 22.4 Å². The maximum Gasteiger partial charge on any atom is 0.340 e. The lowest BCUT2D eigenvalue weighted by atomic mass is 9.77. The van der Waals surface area contributed by atoms with Crippen molar-refractivity contribution in [1.29, 1.82) is 0 Å². The number of hydrogen-bond donors (Lipinski definition) is 13. The number of benzene rings is 3. The Labute approximate surface area is 347 Å². The molecule has 20 nitrogen and oxygen atoms in total. The Kier molecular flexibility index (Phi) is 11.7. The van der Waals surface area contributed by atoms with Gasteiger partial charge < -0.3 is 97.7 Å². The van der Waals surface area contributed by atoms with Gasteiger partial charge in [-0.1, -0.05) is 6.07 Å². The molecule has 17 N–H and O–H groups in total. The van der Waals surface area contributed by atoms with Gasteiger partial charge >= 0.3 is 5.97 Å². The van der Waals surface area contributed by atoms with E-state index < -0.39 is 104 Å². The number of aromatic hydroxyl groups is 2. The SMILES string of the molecule is NCC1OC(OC2C(N)CC(NC(=S)Nc3ccc4c(c3)C(=O)OC43c4ccc(O)cc4Oc4cc(O)ccc43)C(OC3OC(CO)C(O)C(N)C3O)C2O)C(N)CC1O. The Bertz CT molecular complexity index is 2070. The van der Waals surface area contributed by atoms with Gasteiger partial charge in [0.05, 0.1) is 42.5 Å². The molecule has 324 valence electrons. The summed E-state index contributed by atoms with van der Waals surface area (Å²) in [6.07, 6.45) is -12.6. The lowest BCUT2D eigenvalue weighted by Gasteiger charge is -2.48. The van der Waals surface area contributed by atoms with Crippen molar-refractivity contribution in [2.45, 2.75) is 104 Å². The molecule has 1 aliphatic carbocycles. The molecular weight excluding hydrogens is 809 g/mol. The molecule has 14 atom stereocenters. The van der Waals surface area contributed by atoms with E-state index in [2.05, 4.69) is 10.6 Å². The smallest absolute Gasteiger partial charge is 0.340 e. The summed E-state index contributed by atoms with van der Waals surface area (Å²) < 4.78 is 36.0. The lowest BCUT2D eigenvalue weighted by Crippen LogP contribution is -2.69. The average molecular weight is 857 g/mol. The number of aliphatic hydroxyl groups excluding tert-OH is 5. The second-order valence-electron chi connectivity index (χ2n) is 15.6. The Morgan fingerprint density at radius 3 is 2.08 bits per heavy atom. The molecular formula is C39H48N6O14S. The van der Waals surface area contributed by atoms with Crippen LogP contribution in [0, 0.1) is 0 Å². The third-order valence-corrected chi connectivity index (χ3v) is 11.9. The number of aliphatic hydroxyl groups is 5. The minimum Gasteiger partial charge on any atom is -0.508 e. The summed E-state index contributed by atoms with van der Waals surface area (Å²) >= 11 is 5.71. The summed E-state index contributed by atoms with van der Waals surface area (Å²) in [4.78, 5) is 13.7. The first-order chi connectivity index (χ1) is 28.6. The number of thiocarbonyl (C=S) groups is 1. The molecule has 0 aromatic heterocycles. The quantitative estimate of drug-likeness (QED) is 0.0838. The van der Waals surface area contributed by atoms with Gasteiger partial charge in [0.15, 0.2) is 23.3 Å². The number of hydrogen-bond acceptors (Lipinski definition) is 19. The summed E-state index contributed by atoms with van der Waals surface area (Å²) in [6.45, 7) is -0.675. The van der Waals surface area contributed by atoms with Gasteiger partial charge in [0, 0.05) is 47.1 Å². The lowest BCUT2D eigenvalue weighted by molar-refractivity contribution is -0.315. The predicted molar refractivity (Wildman–Crippen MR) is 212 cm³/mol. The highest BCUT2D eigenvalue weighted by Crippen LogP contribution is 2.57. The van der Waals surface area contributed by atoms with E-state index in [1.54, 1.807) is 30.3 Å². The maximum atomic E-state index is 13.7. The van der Waals surface area contributed by atoms with Gasteiger partial charge in [-0.2, -0.15) is 0 Å². The molecule has 1 saturated carbocycles. The van der Waals surface area contributed by atoms with Crippen molar-refractivity contribution in [3.63, 3.8) is 0 Å². The van der Waals surface area contributed by atoms with Gasteiger partial charge in [-0.05, 0) is 61.5 Å². The van der Waals surface area contributed by atoms with Crippen LogP contribution in [-0.4, -0.2) is 146 Å². The van der Waals surface area contributed by atoms with Crippen LogP contribution in [0.25, 0.3) is 0 Å². The third kappa shape index (κ3) is 7.43. The summed E-state index contributed by atoms with van der Waals surface area (Å²) in [5, 5.41) is 80.1. The van der Waals surface area contributed by atoms with Crippen LogP contribution in [0.1, 0.15) is 39.9 Å². The van der Waals surface area contributed by atoms with Crippen LogP contribution in [0.5, 0.6) is 23.0 Å². The summed E-state index contributed by atoms with van der Waals surface area (Å²) in [5.41, 5.74) is 25.1. The Morgan fingerprint density at radius 1 is 0.800 bits per heavy atom. The minimum absolute atomic E-state index is 0.00369. The normalized spacial score (nSPS) is 35.4. The first-order valence-corrected chi connectivity index (χ1v) is 19.8. The predicted octanol–water partition coefficient (Wildman–Crippen LogP) is -2.29. The van der Waals surface area contributed by atoms with E-state index in [1.165, 1.54) is 24.3 Å². The van der Waals surface area contributed by atoms with Gasteiger partial charge in [0.1, 0.15) is 59.6 Å². The highest BCUT2D eigenvalue weighted by atomic mass is 32.1. The summed E-state index contributed by atoms with van der Waals surface area (Å²) in [6, 6.07) is 9.86. The second-order valence-corrected chi connectivity index (χ2v) is 16.0. The highest BCUT2D eigenvalue weighted by molar-refractivity contribution is 7.80. The van der Waals surface area contributed by atoms with E-state index in [0.717, 1.165) is 0 Å². The molecule has 4 heterocycles. The number of nitrogens with two attached hydrogens (primary N) is 4. The number of carbonyl (C=O) groups excluding carboxylic acids is 1. The van der Waals surface area contributed by atoms with Crippen molar-refractivity contribution in [2.24, 2.45) is 22.9 Å². The zero-order valence-electron chi connectivity index (χ0n) is 31.8. The van der Waals surface area contributed by atoms with Crippen LogP contribution < -0.4 is 38.3 Å². The van der Waals surface area contributed by atoms with Gasteiger partial charge in [-0.3, -0.25) is 0 Å². The molecule has 0 amide bonds. The van der Waals surface area contributed by atoms with Crippen LogP contribution in [0.4, 0.5) is 5.69 Å². The minimum atomic E-state index is -1.60. The molecule has 8 rings (SSSR count). The molecule has 3 fully saturated rings. The maximum absolute atomic E-state index is 13.7. The average Bonchev–Trinajstić information content (AvgIpc) is 3.49. The number of nitrogens with one attached hydrogen (secondary N) is 2. The molecule has 3 aromatic carbocycles. The van der Waals surface area contributed by atoms with Crippen LogP contribution >= 0.6 is 12.2 Å². The third-order valence-electron chi connectivity index (χ3n) is 11.7. The van der Waals surface area contributed by atoms with Gasteiger partial charge in [0.25, 0.3) is 0 Å². The van der Waals surface area contributed by atoms with E-state index in [-0.39, 0.29) is 53.1 Å². The fourth-order valence-electron chi connectivity index (χ4n) is 8.65. The highest BCUT2D eigenvalue weighted by Gasteiger charge is 2.54. The molecule has 5 aliphatic rings. The molecule has 1 spiro atoms. The largest absolute Gasteiger partial charge is 0.508 e. The molecule has 3 aromatic rings. The van der Waals surface area contributed by atoms with Crippen molar-refractivity contribution in [2.75, 3.05) is 18.5 Å².